The molecule has 0 unspecified atom stereocenters. The lowest BCUT2D eigenvalue weighted by Gasteiger charge is -2.20. The molecule has 17 heavy (non-hydrogen) atoms. The number of hydrogen-bond donors (Lipinski definition) is 1. The van der Waals surface area contributed by atoms with Crippen LogP contribution in [0.25, 0.3) is 0 Å². The number of hydrogen-bond acceptors (Lipinski definition) is 3. The first-order valence-corrected chi connectivity index (χ1v) is 6.17. The summed E-state index contributed by atoms with van der Waals surface area (Å²) in [4.78, 5) is 1.94. The zero-order valence-electron chi connectivity index (χ0n) is 9.67. The number of thiocarbonyl (C=S) groups is 1. The van der Waals surface area contributed by atoms with Crippen molar-refractivity contribution in [1.82, 2.24) is 0 Å². The van der Waals surface area contributed by atoms with E-state index in [-0.39, 0.29) is 10.8 Å². The van der Waals surface area contributed by atoms with Crippen LogP contribution in [0.5, 0.6) is 0 Å². The molecule has 0 heterocycles. The number of nitrogens with zero attached hydrogens (tertiary/aromatic N) is 1. The van der Waals surface area contributed by atoms with Gasteiger partial charge in [0.1, 0.15) is 4.99 Å². The Morgan fingerprint density at radius 1 is 1.59 bits per heavy atom. The van der Waals surface area contributed by atoms with Crippen molar-refractivity contribution in [2.45, 2.75) is 0 Å². The predicted molar refractivity (Wildman–Crippen MR) is 75.1 cm³/mol. The van der Waals surface area contributed by atoms with Gasteiger partial charge in [0.25, 0.3) is 0 Å². The van der Waals surface area contributed by atoms with Crippen LogP contribution in [0.1, 0.15) is 5.56 Å². The highest BCUT2D eigenvalue weighted by molar-refractivity contribution is 9.10. The molecule has 0 fully saturated rings. The van der Waals surface area contributed by atoms with Gasteiger partial charge in [0.05, 0.1) is 16.8 Å². The number of methoxy groups -OCH3 is 1. The summed E-state index contributed by atoms with van der Waals surface area (Å²) in [5, 5.41) is 0. The Morgan fingerprint density at radius 2 is 2.24 bits per heavy atom. The van der Waals surface area contributed by atoms with Gasteiger partial charge in [-0.2, -0.15) is 0 Å². The topological polar surface area (TPSA) is 38.5 Å². The molecule has 0 aliphatic carbocycles. The largest absolute Gasteiger partial charge is 0.389 e. The van der Waals surface area contributed by atoms with E-state index in [9.17, 15) is 4.39 Å². The van der Waals surface area contributed by atoms with Gasteiger partial charge in [-0.15, -0.1) is 0 Å². The van der Waals surface area contributed by atoms with Crippen molar-refractivity contribution in [3.05, 3.63) is 28.0 Å². The van der Waals surface area contributed by atoms with Crippen molar-refractivity contribution in [3.8, 4) is 0 Å². The summed E-state index contributed by atoms with van der Waals surface area (Å²) in [5.41, 5.74) is 6.47. The molecular formula is C11H14BrFN2OS. The summed E-state index contributed by atoms with van der Waals surface area (Å²) in [6, 6.07) is 3.36. The minimum absolute atomic E-state index is 0.168. The third-order valence-corrected chi connectivity index (χ3v) is 3.36. The number of benzene rings is 1. The third-order valence-electron chi connectivity index (χ3n) is 2.37. The summed E-state index contributed by atoms with van der Waals surface area (Å²) in [6.45, 7) is 1.14. The Balaban J connectivity index is 3.03. The fourth-order valence-electron chi connectivity index (χ4n) is 1.37. The minimum atomic E-state index is -0.367. The van der Waals surface area contributed by atoms with Crippen molar-refractivity contribution in [2.75, 3.05) is 32.2 Å². The fourth-order valence-corrected chi connectivity index (χ4v) is 2.22. The van der Waals surface area contributed by atoms with E-state index in [4.69, 9.17) is 22.7 Å². The van der Waals surface area contributed by atoms with Gasteiger partial charge in [-0.3, -0.25) is 0 Å². The summed E-state index contributed by atoms with van der Waals surface area (Å²) >= 11 is 8.00. The van der Waals surface area contributed by atoms with Crippen LogP contribution in [0, 0.1) is 5.82 Å². The maximum absolute atomic E-state index is 14.1. The Hall–Kier alpha value is -0.720. The molecule has 0 radical (unpaired) electrons. The first kappa shape index (κ1) is 14.3. The second-order valence-electron chi connectivity index (χ2n) is 3.54. The van der Waals surface area contributed by atoms with Crippen LogP contribution in [0.2, 0.25) is 0 Å². The van der Waals surface area contributed by atoms with Crippen molar-refractivity contribution in [2.24, 2.45) is 5.73 Å². The number of nitrogens with two attached hydrogens (primary N) is 1. The molecule has 0 aromatic heterocycles. The highest BCUT2D eigenvalue weighted by Gasteiger charge is 2.15. The molecule has 0 saturated carbocycles. The normalized spacial score (nSPS) is 10.4. The summed E-state index contributed by atoms with van der Waals surface area (Å²) < 4.78 is 19.3. The summed E-state index contributed by atoms with van der Waals surface area (Å²) in [5.74, 6) is -0.367. The van der Waals surface area contributed by atoms with E-state index in [1.165, 1.54) is 0 Å². The average Bonchev–Trinajstić information content (AvgIpc) is 2.29. The van der Waals surface area contributed by atoms with Gasteiger partial charge in [0.2, 0.25) is 0 Å². The average molecular weight is 321 g/mol. The molecule has 0 aliphatic heterocycles. The number of ether oxygens (including phenoxy) is 1. The highest BCUT2D eigenvalue weighted by atomic mass is 79.9. The smallest absolute Gasteiger partial charge is 0.161 e. The first-order valence-electron chi connectivity index (χ1n) is 4.97. The van der Waals surface area contributed by atoms with E-state index in [0.717, 1.165) is 0 Å². The molecule has 0 atom stereocenters. The van der Waals surface area contributed by atoms with Crippen molar-refractivity contribution >= 4 is 38.8 Å². The van der Waals surface area contributed by atoms with Crippen LogP contribution in [0.4, 0.5) is 10.1 Å². The Labute approximate surface area is 114 Å². The fraction of sp³-hybridized carbons (Fsp3) is 0.364. The van der Waals surface area contributed by atoms with Gasteiger partial charge in [-0.25, -0.2) is 4.39 Å². The van der Waals surface area contributed by atoms with Crippen molar-refractivity contribution in [3.63, 3.8) is 0 Å². The first-order chi connectivity index (χ1) is 7.99. The van der Waals surface area contributed by atoms with E-state index >= 15 is 0 Å². The molecule has 0 amide bonds. The molecule has 6 heteroatoms. The van der Waals surface area contributed by atoms with Crippen LogP contribution >= 0.6 is 28.1 Å². The lowest BCUT2D eigenvalue weighted by molar-refractivity contribution is 0.206. The van der Waals surface area contributed by atoms with E-state index in [2.05, 4.69) is 15.9 Å². The van der Waals surface area contributed by atoms with Crippen LogP contribution in [-0.4, -0.2) is 32.3 Å². The Bertz CT molecular complexity index is 428. The minimum Gasteiger partial charge on any atom is -0.389 e. The molecule has 0 saturated heterocycles. The second kappa shape index (κ2) is 6.28. The lowest BCUT2D eigenvalue weighted by Crippen LogP contribution is -2.23. The molecule has 1 aromatic rings. The Morgan fingerprint density at radius 3 is 2.76 bits per heavy atom. The zero-order valence-corrected chi connectivity index (χ0v) is 12.1. The van der Waals surface area contributed by atoms with Crippen molar-refractivity contribution in [1.29, 1.82) is 0 Å². The molecule has 94 valence electrons. The van der Waals surface area contributed by atoms with Crippen molar-refractivity contribution < 1.29 is 9.13 Å². The number of likely N-dealkylation sites (N-methyl/N-ethyl adjacent to an activating group) is 1. The predicted octanol–water partition coefficient (Wildman–Crippen LogP) is 2.31. The molecule has 0 aliphatic rings. The summed E-state index contributed by atoms with van der Waals surface area (Å²) in [7, 11) is 3.40. The van der Waals surface area contributed by atoms with Crippen LogP contribution < -0.4 is 10.6 Å². The summed E-state index contributed by atoms with van der Waals surface area (Å²) in [6.07, 6.45) is 0. The standard InChI is InChI=1S/C11H14BrFN2OS/c1-15(5-6-16-2)8-4-3-7(11(14)17)9(12)10(8)13/h3-4H,5-6H2,1-2H3,(H2,14,17). The molecule has 1 rings (SSSR count). The van der Waals surface area contributed by atoms with E-state index in [1.807, 2.05) is 0 Å². The number of halogens is 2. The van der Waals surface area contributed by atoms with Gasteiger partial charge >= 0.3 is 0 Å². The van der Waals surface area contributed by atoms with E-state index < -0.39 is 0 Å². The molecule has 0 spiro atoms. The third kappa shape index (κ3) is 3.37. The lowest BCUT2D eigenvalue weighted by atomic mass is 10.2. The molecule has 3 nitrogen and oxygen atoms in total. The quantitative estimate of drug-likeness (QED) is 0.845. The van der Waals surface area contributed by atoms with Gasteiger partial charge < -0.3 is 15.4 Å². The monoisotopic (exact) mass is 320 g/mol. The Kier molecular flexibility index (Phi) is 5.30. The number of rotatable bonds is 5. The highest BCUT2D eigenvalue weighted by Crippen LogP contribution is 2.28. The SMILES string of the molecule is COCCN(C)c1ccc(C(N)=S)c(Br)c1F. The number of anilines is 1. The molecular weight excluding hydrogens is 307 g/mol. The maximum Gasteiger partial charge on any atom is 0.161 e. The zero-order chi connectivity index (χ0) is 13.0. The van der Waals surface area contributed by atoms with Crippen LogP contribution in [0.15, 0.2) is 16.6 Å². The second-order valence-corrected chi connectivity index (χ2v) is 4.77. The van der Waals surface area contributed by atoms with Crippen LogP contribution in [0.3, 0.4) is 0 Å². The maximum atomic E-state index is 14.1. The molecule has 0 bridgehead atoms. The van der Waals surface area contributed by atoms with E-state index in [0.29, 0.717) is 28.9 Å². The van der Waals surface area contributed by atoms with Gasteiger partial charge in [0, 0.05) is 26.3 Å². The van der Waals surface area contributed by atoms with E-state index in [1.54, 1.807) is 31.2 Å². The van der Waals surface area contributed by atoms with Gasteiger partial charge in [0.15, 0.2) is 5.82 Å². The van der Waals surface area contributed by atoms with Gasteiger partial charge in [-0.1, -0.05) is 12.2 Å². The molecule has 1 aromatic carbocycles. The molecule has 2 N–H and O–H groups in total. The van der Waals surface area contributed by atoms with Crippen LogP contribution in [-0.2, 0) is 4.74 Å². The van der Waals surface area contributed by atoms with Gasteiger partial charge in [-0.05, 0) is 28.1 Å².